The number of methoxy groups -OCH3 is 1. The average Bonchev–Trinajstić information content (AvgIpc) is 2.95. The van der Waals surface area contributed by atoms with Gasteiger partial charge in [-0.3, -0.25) is 9.59 Å². The van der Waals surface area contributed by atoms with Crippen LogP contribution in [0.5, 0.6) is 5.75 Å². The molecule has 3 aromatic rings. The van der Waals surface area contributed by atoms with Crippen LogP contribution in [0.25, 0.3) is 11.3 Å². The topological polar surface area (TPSA) is 78.9 Å². The van der Waals surface area contributed by atoms with E-state index >= 15 is 0 Å². The van der Waals surface area contributed by atoms with Gasteiger partial charge in [-0.1, -0.05) is 37.3 Å². The smallest absolute Gasteiger partial charge is 0.254 e. The van der Waals surface area contributed by atoms with E-state index in [4.69, 9.17) is 4.74 Å². The van der Waals surface area contributed by atoms with E-state index in [0.717, 1.165) is 34.8 Å². The highest BCUT2D eigenvalue weighted by atomic mass is 16.5. The number of amides is 2. The second-order valence-corrected chi connectivity index (χ2v) is 9.38. The highest BCUT2D eigenvalue weighted by molar-refractivity contribution is 5.98. The molecule has 194 valence electrons. The molecule has 8 heteroatoms. The predicted molar refractivity (Wildman–Crippen MR) is 145 cm³/mol. The van der Waals surface area contributed by atoms with Crippen LogP contribution in [0, 0.1) is 6.92 Å². The van der Waals surface area contributed by atoms with Crippen LogP contribution in [0.2, 0.25) is 0 Å². The minimum atomic E-state index is -0.0918. The van der Waals surface area contributed by atoms with Crippen molar-refractivity contribution in [3.8, 4) is 17.0 Å². The Morgan fingerprint density at radius 1 is 1.00 bits per heavy atom. The first-order valence-electron chi connectivity index (χ1n) is 12.8. The highest BCUT2D eigenvalue weighted by Gasteiger charge is 2.28. The fraction of sp³-hybridized carbons (Fsp3) is 0.379. The zero-order chi connectivity index (χ0) is 26.4. The van der Waals surface area contributed by atoms with Crippen LogP contribution < -0.4 is 9.64 Å². The van der Waals surface area contributed by atoms with Crippen LogP contribution in [0.15, 0.2) is 60.7 Å². The highest BCUT2D eigenvalue weighted by Crippen LogP contribution is 2.23. The van der Waals surface area contributed by atoms with Crippen molar-refractivity contribution in [1.82, 2.24) is 20.0 Å². The summed E-state index contributed by atoms with van der Waals surface area (Å²) >= 11 is 0. The van der Waals surface area contributed by atoms with Gasteiger partial charge in [-0.15, -0.1) is 10.2 Å². The van der Waals surface area contributed by atoms with Crippen molar-refractivity contribution < 1.29 is 14.3 Å². The molecular weight excluding hydrogens is 466 g/mol. The molecule has 1 aliphatic rings. The van der Waals surface area contributed by atoms with Gasteiger partial charge >= 0.3 is 0 Å². The summed E-state index contributed by atoms with van der Waals surface area (Å²) in [5, 5.41) is 8.84. The number of nitrogens with zero attached hydrogens (tertiary/aromatic N) is 5. The van der Waals surface area contributed by atoms with Crippen LogP contribution in [-0.2, 0) is 4.79 Å². The molecular formula is C29H35N5O3. The lowest BCUT2D eigenvalue weighted by Crippen LogP contribution is -2.53. The number of ether oxygens (including phenoxy) is 1. The number of aryl methyl sites for hydroxylation is 1. The van der Waals surface area contributed by atoms with Crippen LogP contribution >= 0.6 is 0 Å². The molecule has 37 heavy (non-hydrogen) atoms. The molecule has 1 fully saturated rings. The molecule has 1 atom stereocenters. The number of carbonyl (C=O) groups excluding carboxylic acids is 2. The first kappa shape index (κ1) is 26.1. The number of anilines is 1. The standard InChI is InChI=1S/C29H35N5O3/c1-5-22(3)34(29(36)25-12-7-6-9-21(25)2)20-28(35)33-17-15-32(16-18-33)27-14-13-26(30-31-27)23-10-8-11-24(19-23)37-4/h6-14,19,22H,5,15-18,20H2,1-4H3/t22-/m0/s1. The summed E-state index contributed by atoms with van der Waals surface area (Å²) in [5.74, 6) is 1.44. The number of carbonyl (C=O) groups is 2. The largest absolute Gasteiger partial charge is 0.497 e. The zero-order valence-electron chi connectivity index (χ0n) is 22.1. The quantitative estimate of drug-likeness (QED) is 0.463. The maximum atomic E-state index is 13.3. The van der Waals surface area contributed by atoms with Gasteiger partial charge in [0.1, 0.15) is 12.3 Å². The molecule has 0 N–H and O–H groups in total. The summed E-state index contributed by atoms with van der Waals surface area (Å²) in [6, 6.07) is 19.2. The van der Waals surface area contributed by atoms with Crippen LogP contribution in [-0.4, -0.2) is 77.7 Å². The lowest BCUT2D eigenvalue weighted by molar-refractivity contribution is -0.132. The molecule has 8 nitrogen and oxygen atoms in total. The van der Waals surface area contributed by atoms with E-state index in [-0.39, 0.29) is 24.4 Å². The number of hydrogen-bond donors (Lipinski definition) is 0. The molecule has 2 amide bonds. The van der Waals surface area contributed by atoms with Crippen LogP contribution in [0.4, 0.5) is 5.82 Å². The minimum absolute atomic E-state index is 0.0265. The van der Waals surface area contributed by atoms with Gasteiger partial charge in [-0.25, -0.2) is 0 Å². The van der Waals surface area contributed by atoms with Gasteiger partial charge < -0.3 is 19.4 Å². The van der Waals surface area contributed by atoms with Gasteiger partial charge in [0.05, 0.1) is 12.8 Å². The van der Waals surface area contributed by atoms with Gasteiger partial charge in [-0.05, 0) is 56.2 Å². The molecule has 2 heterocycles. The Morgan fingerprint density at radius 3 is 2.41 bits per heavy atom. The van der Waals surface area contributed by atoms with E-state index in [1.807, 2.05) is 86.3 Å². The third kappa shape index (κ3) is 6.07. The second kappa shape index (κ2) is 11.9. The molecule has 0 radical (unpaired) electrons. The molecule has 2 aromatic carbocycles. The zero-order valence-corrected chi connectivity index (χ0v) is 22.1. The normalized spacial score (nSPS) is 14.3. The van der Waals surface area contributed by atoms with E-state index < -0.39 is 0 Å². The Bertz CT molecular complexity index is 1220. The molecule has 1 aliphatic heterocycles. The summed E-state index contributed by atoms with van der Waals surface area (Å²) in [5.41, 5.74) is 3.29. The minimum Gasteiger partial charge on any atom is -0.497 e. The lowest BCUT2D eigenvalue weighted by Gasteiger charge is -2.37. The summed E-state index contributed by atoms with van der Waals surface area (Å²) in [6.45, 7) is 8.51. The van der Waals surface area contributed by atoms with Crippen molar-refractivity contribution in [2.75, 3.05) is 44.7 Å². The lowest BCUT2D eigenvalue weighted by atomic mass is 10.1. The van der Waals surface area contributed by atoms with Crippen molar-refractivity contribution in [2.24, 2.45) is 0 Å². The molecule has 1 aromatic heterocycles. The van der Waals surface area contributed by atoms with E-state index in [1.165, 1.54) is 0 Å². The van der Waals surface area contributed by atoms with Crippen molar-refractivity contribution >= 4 is 17.6 Å². The number of hydrogen-bond acceptors (Lipinski definition) is 6. The fourth-order valence-electron chi connectivity index (χ4n) is 4.48. The van der Waals surface area contributed by atoms with E-state index in [0.29, 0.717) is 31.7 Å². The van der Waals surface area contributed by atoms with Crippen LogP contribution in [0.3, 0.4) is 0 Å². The maximum Gasteiger partial charge on any atom is 0.254 e. The first-order valence-corrected chi connectivity index (χ1v) is 12.8. The van der Waals surface area contributed by atoms with E-state index in [9.17, 15) is 9.59 Å². The van der Waals surface area contributed by atoms with Crippen molar-refractivity contribution in [3.63, 3.8) is 0 Å². The monoisotopic (exact) mass is 501 g/mol. The summed E-state index contributed by atoms with van der Waals surface area (Å²) in [4.78, 5) is 32.2. The summed E-state index contributed by atoms with van der Waals surface area (Å²) in [6.07, 6.45) is 0.781. The van der Waals surface area contributed by atoms with Crippen molar-refractivity contribution in [2.45, 2.75) is 33.2 Å². The van der Waals surface area contributed by atoms with Gasteiger partial charge in [0.15, 0.2) is 5.82 Å². The molecule has 0 spiro atoms. The number of aromatic nitrogens is 2. The summed E-state index contributed by atoms with van der Waals surface area (Å²) in [7, 11) is 1.64. The molecule has 0 bridgehead atoms. The fourth-order valence-corrected chi connectivity index (χ4v) is 4.48. The number of piperazine rings is 1. The van der Waals surface area contributed by atoms with Crippen molar-refractivity contribution in [1.29, 1.82) is 0 Å². The number of rotatable bonds is 8. The van der Waals surface area contributed by atoms with Crippen LogP contribution in [0.1, 0.15) is 36.2 Å². The number of benzene rings is 2. The van der Waals surface area contributed by atoms with Gasteiger partial charge in [0, 0.05) is 43.3 Å². The average molecular weight is 502 g/mol. The second-order valence-electron chi connectivity index (χ2n) is 9.38. The molecule has 0 aliphatic carbocycles. The molecule has 1 saturated heterocycles. The van der Waals surface area contributed by atoms with Crippen molar-refractivity contribution in [3.05, 3.63) is 71.8 Å². The maximum absolute atomic E-state index is 13.3. The Hall–Kier alpha value is -3.94. The Morgan fingerprint density at radius 2 is 1.76 bits per heavy atom. The van der Waals surface area contributed by atoms with Gasteiger partial charge in [-0.2, -0.15) is 0 Å². The van der Waals surface area contributed by atoms with E-state index in [2.05, 4.69) is 15.1 Å². The molecule has 4 rings (SSSR count). The van der Waals surface area contributed by atoms with Gasteiger partial charge in [0.2, 0.25) is 5.91 Å². The third-order valence-corrected chi connectivity index (χ3v) is 7.04. The summed E-state index contributed by atoms with van der Waals surface area (Å²) < 4.78 is 5.30. The Labute approximate surface area is 218 Å². The molecule has 0 saturated carbocycles. The predicted octanol–water partition coefficient (Wildman–Crippen LogP) is 4.05. The van der Waals surface area contributed by atoms with E-state index in [1.54, 1.807) is 12.0 Å². The SMILES string of the molecule is CC[C@H](C)N(CC(=O)N1CCN(c2ccc(-c3cccc(OC)c3)nn2)CC1)C(=O)c1ccccc1C. The first-order chi connectivity index (χ1) is 17.9. The molecule has 0 unspecified atom stereocenters. The third-order valence-electron chi connectivity index (χ3n) is 7.04. The Balaban J connectivity index is 1.37. The van der Waals surface area contributed by atoms with Gasteiger partial charge in [0.25, 0.3) is 5.91 Å². The Kier molecular flexibility index (Phi) is 8.38.